The summed E-state index contributed by atoms with van der Waals surface area (Å²) in [6, 6.07) is 15.2. The lowest BCUT2D eigenvalue weighted by atomic mass is 10.2. The average molecular weight is 370 g/mol. The van der Waals surface area contributed by atoms with Gasteiger partial charge in [0.15, 0.2) is 0 Å². The van der Waals surface area contributed by atoms with E-state index in [2.05, 4.69) is 10.6 Å². The Labute approximate surface area is 159 Å². The number of hydrogen-bond acceptors (Lipinski definition) is 5. The van der Waals surface area contributed by atoms with Crippen molar-refractivity contribution in [3.8, 4) is 11.5 Å². The number of ether oxygens (including phenoxy) is 3. The van der Waals surface area contributed by atoms with Crippen LogP contribution in [0, 0.1) is 0 Å². The molecule has 3 rings (SSSR count). The summed E-state index contributed by atoms with van der Waals surface area (Å²) in [5.41, 5.74) is 1.90. The van der Waals surface area contributed by atoms with E-state index in [1.165, 1.54) is 0 Å². The number of nitrogens with one attached hydrogen (secondary N) is 2. The molecule has 2 aromatic rings. The van der Waals surface area contributed by atoms with E-state index < -0.39 is 0 Å². The van der Waals surface area contributed by atoms with Crippen molar-refractivity contribution in [3.05, 3.63) is 54.1 Å². The van der Waals surface area contributed by atoms with Crippen LogP contribution in [0.25, 0.3) is 0 Å². The molecule has 0 saturated carbocycles. The maximum Gasteiger partial charge on any atom is 0.239 e. The van der Waals surface area contributed by atoms with E-state index in [0.717, 1.165) is 42.2 Å². The van der Waals surface area contributed by atoms with Crippen molar-refractivity contribution in [2.75, 3.05) is 32.2 Å². The van der Waals surface area contributed by atoms with E-state index in [9.17, 15) is 4.79 Å². The molecule has 0 spiro atoms. The van der Waals surface area contributed by atoms with Crippen molar-refractivity contribution >= 4 is 11.6 Å². The fourth-order valence-electron chi connectivity index (χ4n) is 2.82. The van der Waals surface area contributed by atoms with E-state index in [4.69, 9.17) is 14.2 Å². The molecule has 0 radical (unpaired) electrons. The Kier molecular flexibility index (Phi) is 6.93. The minimum absolute atomic E-state index is 0.0653. The summed E-state index contributed by atoms with van der Waals surface area (Å²) in [4.78, 5) is 12.0. The van der Waals surface area contributed by atoms with Crippen LogP contribution in [-0.2, 0) is 16.1 Å². The number of benzene rings is 2. The fourth-order valence-corrected chi connectivity index (χ4v) is 2.82. The van der Waals surface area contributed by atoms with Gasteiger partial charge in [-0.25, -0.2) is 0 Å². The van der Waals surface area contributed by atoms with Gasteiger partial charge in [-0.3, -0.25) is 4.79 Å². The number of anilines is 1. The van der Waals surface area contributed by atoms with E-state index in [1.54, 1.807) is 7.11 Å². The third-order valence-corrected chi connectivity index (χ3v) is 4.42. The van der Waals surface area contributed by atoms with E-state index in [-0.39, 0.29) is 18.6 Å². The van der Waals surface area contributed by atoms with Gasteiger partial charge in [0.25, 0.3) is 0 Å². The molecule has 1 aliphatic heterocycles. The van der Waals surface area contributed by atoms with Gasteiger partial charge in [0.2, 0.25) is 5.91 Å². The first kappa shape index (κ1) is 19.0. The molecule has 6 nitrogen and oxygen atoms in total. The number of carbonyl (C=O) groups excluding carboxylic acids is 1. The first-order chi connectivity index (χ1) is 13.2. The van der Waals surface area contributed by atoms with E-state index in [0.29, 0.717) is 13.2 Å². The first-order valence-corrected chi connectivity index (χ1v) is 9.21. The van der Waals surface area contributed by atoms with Crippen molar-refractivity contribution in [3.63, 3.8) is 0 Å². The lowest BCUT2D eigenvalue weighted by Crippen LogP contribution is -2.29. The van der Waals surface area contributed by atoms with Crippen LogP contribution in [0.3, 0.4) is 0 Å². The second-order valence-electron chi connectivity index (χ2n) is 6.45. The Morgan fingerprint density at radius 1 is 1.11 bits per heavy atom. The molecule has 27 heavy (non-hydrogen) atoms. The summed E-state index contributed by atoms with van der Waals surface area (Å²) >= 11 is 0. The minimum Gasteiger partial charge on any atom is -0.497 e. The van der Waals surface area contributed by atoms with Crippen molar-refractivity contribution in [1.82, 2.24) is 5.32 Å². The van der Waals surface area contributed by atoms with Crippen LogP contribution in [0.1, 0.15) is 18.4 Å². The van der Waals surface area contributed by atoms with Gasteiger partial charge in [-0.05, 0) is 54.8 Å². The van der Waals surface area contributed by atoms with Gasteiger partial charge >= 0.3 is 0 Å². The van der Waals surface area contributed by atoms with E-state index >= 15 is 0 Å². The maximum atomic E-state index is 12.0. The zero-order chi connectivity index (χ0) is 18.9. The number of rotatable bonds is 9. The lowest BCUT2D eigenvalue weighted by molar-refractivity contribution is -0.119. The zero-order valence-electron chi connectivity index (χ0n) is 15.6. The summed E-state index contributed by atoms with van der Waals surface area (Å²) in [6.45, 7) is 2.12. The smallest absolute Gasteiger partial charge is 0.239 e. The molecule has 0 aromatic heterocycles. The van der Waals surface area contributed by atoms with Crippen molar-refractivity contribution in [1.29, 1.82) is 0 Å². The summed E-state index contributed by atoms with van der Waals surface area (Å²) < 4.78 is 16.4. The summed E-state index contributed by atoms with van der Waals surface area (Å²) in [5, 5.41) is 6.00. The molecule has 1 amide bonds. The summed E-state index contributed by atoms with van der Waals surface area (Å²) in [6.07, 6.45) is 2.38. The summed E-state index contributed by atoms with van der Waals surface area (Å²) in [7, 11) is 1.63. The Hall–Kier alpha value is -2.73. The highest BCUT2D eigenvalue weighted by Gasteiger charge is 2.15. The van der Waals surface area contributed by atoms with Gasteiger partial charge in [-0.15, -0.1) is 0 Å². The van der Waals surface area contributed by atoms with Crippen molar-refractivity contribution < 1.29 is 19.0 Å². The second-order valence-corrected chi connectivity index (χ2v) is 6.45. The third kappa shape index (κ3) is 6.18. The van der Waals surface area contributed by atoms with Gasteiger partial charge in [0, 0.05) is 18.8 Å². The first-order valence-electron chi connectivity index (χ1n) is 9.21. The standard InChI is InChI=1S/C21H26N2O4/c1-25-18-8-4-16(5-9-18)13-23-21(24)14-22-17-6-10-19(11-7-17)27-15-20-3-2-12-26-20/h4-11,20,22H,2-3,12-15H2,1H3,(H,23,24). The predicted molar refractivity (Wildman–Crippen MR) is 104 cm³/mol. The SMILES string of the molecule is COc1ccc(CNC(=O)CNc2ccc(OCC3CCCO3)cc2)cc1. The van der Waals surface area contributed by atoms with Crippen LogP contribution in [0.15, 0.2) is 48.5 Å². The largest absolute Gasteiger partial charge is 0.497 e. The minimum atomic E-state index is -0.0653. The van der Waals surface area contributed by atoms with Crippen LogP contribution in [-0.4, -0.2) is 38.9 Å². The highest BCUT2D eigenvalue weighted by atomic mass is 16.5. The number of methoxy groups -OCH3 is 1. The van der Waals surface area contributed by atoms with E-state index in [1.807, 2.05) is 48.5 Å². The molecule has 1 heterocycles. The van der Waals surface area contributed by atoms with Crippen LogP contribution >= 0.6 is 0 Å². The quantitative estimate of drug-likeness (QED) is 0.710. The van der Waals surface area contributed by atoms with Gasteiger partial charge in [-0.2, -0.15) is 0 Å². The van der Waals surface area contributed by atoms with Gasteiger partial charge in [0.1, 0.15) is 18.1 Å². The molecule has 6 heteroatoms. The molecule has 2 N–H and O–H groups in total. The van der Waals surface area contributed by atoms with Crippen LogP contribution in [0.4, 0.5) is 5.69 Å². The predicted octanol–water partition coefficient (Wildman–Crippen LogP) is 2.98. The highest BCUT2D eigenvalue weighted by Crippen LogP contribution is 2.18. The molecule has 1 unspecified atom stereocenters. The molecule has 1 saturated heterocycles. The molecule has 2 aromatic carbocycles. The second kappa shape index (κ2) is 9.83. The van der Waals surface area contributed by atoms with Gasteiger partial charge in [-0.1, -0.05) is 12.1 Å². The molecule has 1 fully saturated rings. The molecule has 0 aliphatic carbocycles. The molecule has 0 bridgehead atoms. The van der Waals surface area contributed by atoms with Gasteiger partial charge in [0.05, 0.1) is 19.8 Å². The molecular weight excluding hydrogens is 344 g/mol. The van der Waals surface area contributed by atoms with Crippen molar-refractivity contribution in [2.45, 2.75) is 25.5 Å². The topological polar surface area (TPSA) is 68.8 Å². The number of amides is 1. The Bertz CT molecular complexity index is 710. The Morgan fingerprint density at radius 2 is 1.85 bits per heavy atom. The molecule has 1 aliphatic rings. The van der Waals surface area contributed by atoms with Crippen molar-refractivity contribution in [2.24, 2.45) is 0 Å². The number of carbonyl (C=O) groups is 1. The normalized spacial score (nSPS) is 16.0. The zero-order valence-corrected chi connectivity index (χ0v) is 15.6. The van der Waals surface area contributed by atoms with Crippen LogP contribution in [0.5, 0.6) is 11.5 Å². The van der Waals surface area contributed by atoms with Crippen LogP contribution in [0.2, 0.25) is 0 Å². The highest BCUT2D eigenvalue weighted by molar-refractivity contribution is 5.80. The third-order valence-electron chi connectivity index (χ3n) is 4.42. The van der Waals surface area contributed by atoms with Gasteiger partial charge < -0.3 is 24.8 Å². The summed E-state index contributed by atoms with van der Waals surface area (Å²) in [5.74, 6) is 1.54. The maximum absolute atomic E-state index is 12.0. The van der Waals surface area contributed by atoms with Crippen LogP contribution < -0.4 is 20.1 Å². The molecule has 1 atom stereocenters. The monoisotopic (exact) mass is 370 g/mol. The lowest BCUT2D eigenvalue weighted by Gasteiger charge is -2.12. The Morgan fingerprint density at radius 3 is 2.52 bits per heavy atom. The average Bonchev–Trinajstić information content (AvgIpc) is 3.24. The number of hydrogen-bond donors (Lipinski definition) is 2. The Balaban J connectivity index is 1.36. The molecular formula is C21H26N2O4. The molecule has 144 valence electrons. The fraction of sp³-hybridized carbons (Fsp3) is 0.381.